The molecule has 3 N–H and O–H groups in total. The van der Waals surface area contributed by atoms with Crippen molar-refractivity contribution in [3.63, 3.8) is 0 Å². The summed E-state index contributed by atoms with van der Waals surface area (Å²) in [5, 5.41) is 3.92. The molecule has 1 aliphatic rings. The second kappa shape index (κ2) is 6.33. The predicted octanol–water partition coefficient (Wildman–Crippen LogP) is 2.33. The van der Waals surface area contributed by atoms with Gasteiger partial charge in [-0.25, -0.2) is 8.99 Å². The van der Waals surface area contributed by atoms with E-state index in [1.807, 2.05) is 32.0 Å². The molecule has 0 fully saturated rings. The van der Waals surface area contributed by atoms with Crippen molar-refractivity contribution in [3.05, 3.63) is 68.9 Å². The van der Waals surface area contributed by atoms with Gasteiger partial charge in [-0.15, -0.1) is 0 Å². The van der Waals surface area contributed by atoms with Crippen LogP contribution < -0.4 is 10.9 Å². The van der Waals surface area contributed by atoms with E-state index in [-0.39, 0.29) is 11.3 Å². The fourth-order valence-electron chi connectivity index (χ4n) is 2.67. The topological polar surface area (TPSA) is 103 Å². The smallest absolute Gasteiger partial charge is 0.261 e. The molecule has 0 spiro atoms. The van der Waals surface area contributed by atoms with Gasteiger partial charge >= 0.3 is 0 Å². The lowest BCUT2D eigenvalue weighted by atomic mass is 10.0. The largest absolute Gasteiger partial charge is 0.345 e. The summed E-state index contributed by atoms with van der Waals surface area (Å²) in [7, 11) is -2.77. The lowest BCUT2D eigenvalue weighted by Gasteiger charge is -2.11. The fourth-order valence-corrected chi connectivity index (χ4v) is 3.95. The van der Waals surface area contributed by atoms with Gasteiger partial charge in [0.25, 0.3) is 11.5 Å². The Bertz CT molecular complexity index is 1040. The van der Waals surface area contributed by atoms with Crippen molar-refractivity contribution in [1.29, 1.82) is 4.78 Å². The molecule has 7 heteroatoms. The third-order valence-corrected chi connectivity index (χ3v) is 5.70. The first-order valence-corrected chi connectivity index (χ1v) is 9.61. The molecule has 2 aromatic rings. The highest BCUT2D eigenvalue weighted by Gasteiger charge is 2.22. The summed E-state index contributed by atoms with van der Waals surface area (Å²) >= 11 is 0. The molecule has 0 bridgehead atoms. The van der Waals surface area contributed by atoms with E-state index < -0.39 is 27.2 Å². The highest BCUT2D eigenvalue weighted by molar-refractivity contribution is 7.95. The van der Waals surface area contributed by atoms with E-state index in [1.165, 1.54) is 17.6 Å². The molecular weight excluding hydrogens is 338 g/mol. The van der Waals surface area contributed by atoms with Crippen molar-refractivity contribution in [2.24, 2.45) is 0 Å². The van der Waals surface area contributed by atoms with Crippen molar-refractivity contribution >= 4 is 15.6 Å². The third kappa shape index (κ3) is 3.71. The highest BCUT2D eigenvalue weighted by Crippen LogP contribution is 2.19. The van der Waals surface area contributed by atoms with Crippen LogP contribution in [0, 0.1) is 18.6 Å². The van der Waals surface area contributed by atoms with Crippen molar-refractivity contribution in [3.8, 4) is 11.3 Å². The Hall–Kier alpha value is -2.67. The normalized spacial score (nSPS) is 22.1. The van der Waals surface area contributed by atoms with Gasteiger partial charge in [0.2, 0.25) is 0 Å². The lowest BCUT2D eigenvalue weighted by molar-refractivity contribution is 0.0946. The maximum absolute atomic E-state index is 12.3. The summed E-state index contributed by atoms with van der Waals surface area (Å²) in [4.78, 5) is 27.3. The first-order chi connectivity index (χ1) is 11.7. The summed E-state index contributed by atoms with van der Waals surface area (Å²) in [6.45, 7) is 4.01. The molecule has 0 radical (unpaired) electrons. The minimum atomic E-state index is -2.77. The van der Waals surface area contributed by atoms with Gasteiger partial charge in [-0.3, -0.25) is 9.59 Å². The van der Waals surface area contributed by atoms with Gasteiger partial charge in [-0.05, 0) is 48.7 Å². The molecule has 1 aliphatic heterocycles. The number of H-pyrrole nitrogens is 1. The van der Waals surface area contributed by atoms with E-state index in [1.54, 1.807) is 6.07 Å². The summed E-state index contributed by atoms with van der Waals surface area (Å²) in [5.41, 5.74) is 3.30. The van der Waals surface area contributed by atoms with Crippen LogP contribution in [0.4, 0.5) is 0 Å². The summed E-state index contributed by atoms with van der Waals surface area (Å²) in [6, 6.07) is 8.56. The quantitative estimate of drug-likeness (QED) is 0.785. The van der Waals surface area contributed by atoms with Crippen LogP contribution in [0.15, 0.2) is 46.6 Å². The molecule has 1 aromatic carbocycles. The molecule has 25 heavy (non-hydrogen) atoms. The van der Waals surface area contributed by atoms with Crippen LogP contribution >= 0.6 is 0 Å². The average Bonchev–Trinajstić information content (AvgIpc) is 2.88. The van der Waals surface area contributed by atoms with Gasteiger partial charge in [-0.1, -0.05) is 18.2 Å². The molecule has 0 saturated heterocycles. The van der Waals surface area contributed by atoms with Gasteiger partial charge in [-0.2, -0.15) is 0 Å². The van der Waals surface area contributed by atoms with E-state index in [2.05, 4.69) is 10.3 Å². The number of nitrogens with one attached hydrogen (secondary N) is 3. The second-order valence-corrected chi connectivity index (χ2v) is 8.27. The van der Waals surface area contributed by atoms with E-state index in [0.717, 1.165) is 16.7 Å². The lowest BCUT2D eigenvalue weighted by Crippen LogP contribution is -2.38. The zero-order chi connectivity index (χ0) is 18.2. The Labute approximate surface area is 146 Å². The van der Waals surface area contributed by atoms with Crippen molar-refractivity contribution < 1.29 is 9.00 Å². The zero-order valence-corrected chi connectivity index (χ0v) is 14.8. The number of carbonyl (C=O) groups is 1. The maximum atomic E-state index is 12.3. The number of aryl methyl sites for hydroxylation is 2. The average molecular weight is 357 g/mol. The molecule has 0 aliphatic carbocycles. The molecule has 2 atom stereocenters. The maximum Gasteiger partial charge on any atom is 0.261 e. The molecule has 2 heterocycles. The molecular formula is C18H19N3O3S. The second-order valence-electron chi connectivity index (χ2n) is 6.22. The number of hydrogen-bond donors (Lipinski definition) is 3. The van der Waals surface area contributed by atoms with E-state index in [4.69, 9.17) is 4.78 Å². The van der Waals surface area contributed by atoms with Crippen molar-refractivity contribution in [1.82, 2.24) is 10.3 Å². The molecule has 130 valence electrons. The van der Waals surface area contributed by atoms with Crippen LogP contribution in [0.3, 0.4) is 0 Å². The Kier molecular flexibility index (Phi) is 4.34. The highest BCUT2D eigenvalue weighted by atomic mass is 32.2. The van der Waals surface area contributed by atoms with E-state index in [0.29, 0.717) is 5.69 Å². The molecule has 1 aromatic heterocycles. The van der Waals surface area contributed by atoms with Crippen molar-refractivity contribution in [2.75, 3.05) is 5.75 Å². The Morgan fingerprint density at radius 2 is 2.00 bits per heavy atom. The standard InChI is InChI=1S/C18H19N3O3S/c1-11-3-4-13(9-12(11)2)16-6-5-15(18(23)21-16)17(22)20-14-7-8-25(19,24)10-14/h3-9,14,19H,10H2,1-2H3,(H,20,22)(H,21,23). The summed E-state index contributed by atoms with van der Waals surface area (Å²) in [5.74, 6) is -0.503. The molecule has 1 amide bonds. The van der Waals surface area contributed by atoms with Crippen LogP contribution in [0.25, 0.3) is 11.3 Å². The Morgan fingerprint density at radius 1 is 1.24 bits per heavy atom. The van der Waals surface area contributed by atoms with Gasteiger partial charge in [0.1, 0.15) is 5.56 Å². The van der Waals surface area contributed by atoms with Crippen LogP contribution in [0.1, 0.15) is 21.5 Å². The molecule has 3 rings (SSSR count). The number of benzene rings is 1. The van der Waals surface area contributed by atoms with Crippen molar-refractivity contribution in [2.45, 2.75) is 19.9 Å². The number of amides is 1. The first kappa shape index (κ1) is 17.2. The zero-order valence-electron chi connectivity index (χ0n) is 14.0. The number of carbonyl (C=O) groups excluding carboxylic acids is 1. The van der Waals surface area contributed by atoms with Crippen LogP contribution in [-0.2, 0) is 9.73 Å². The number of aromatic amines is 1. The van der Waals surface area contributed by atoms with Gasteiger partial charge in [0.05, 0.1) is 21.5 Å². The number of rotatable bonds is 3. The monoisotopic (exact) mass is 357 g/mol. The summed E-state index contributed by atoms with van der Waals surface area (Å²) < 4.78 is 19.1. The van der Waals surface area contributed by atoms with E-state index in [9.17, 15) is 13.8 Å². The minimum absolute atomic E-state index is 0.00985. The molecule has 2 unspecified atom stereocenters. The first-order valence-electron chi connectivity index (χ1n) is 7.82. The van der Waals surface area contributed by atoms with Crippen LogP contribution in [-0.4, -0.2) is 26.9 Å². The molecule has 0 saturated carbocycles. The Balaban J connectivity index is 1.82. The third-order valence-electron chi connectivity index (χ3n) is 4.25. The van der Waals surface area contributed by atoms with Gasteiger partial charge in [0.15, 0.2) is 0 Å². The van der Waals surface area contributed by atoms with E-state index >= 15 is 0 Å². The minimum Gasteiger partial charge on any atom is -0.345 e. The SMILES string of the molecule is Cc1ccc(-c2ccc(C(=O)NC3C=CS(=N)(=O)C3)c(=O)[nH]2)cc1C. The predicted molar refractivity (Wildman–Crippen MR) is 98.1 cm³/mol. The molecule has 6 nitrogen and oxygen atoms in total. The Morgan fingerprint density at radius 3 is 2.60 bits per heavy atom. The number of hydrogen-bond acceptors (Lipinski definition) is 4. The van der Waals surface area contributed by atoms with Crippen LogP contribution in [0.5, 0.6) is 0 Å². The number of pyridine rings is 1. The number of aromatic nitrogens is 1. The fraction of sp³-hybridized carbons (Fsp3) is 0.222. The van der Waals surface area contributed by atoms with Gasteiger partial charge < -0.3 is 10.3 Å². The van der Waals surface area contributed by atoms with Crippen LogP contribution in [0.2, 0.25) is 0 Å². The summed E-state index contributed by atoms with van der Waals surface area (Å²) in [6.07, 6.45) is 1.53. The van der Waals surface area contributed by atoms with Gasteiger partial charge in [0, 0.05) is 11.1 Å².